The van der Waals surface area contributed by atoms with Crippen LogP contribution < -0.4 is 5.73 Å². The van der Waals surface area contributed by atoms with Crippen LogP contribution in [0.3, 0.4) is 0 Å². The molecule has 0 aromatic carbocycles. The van der Waals surface area contributed by atoms with E-state index in [1.807, 2.05) is 6.92 Å². The number of ketones is 1. The van der Waals surface area contributed by atoms with Gasteiger partial charge in [0.05, 0.1) is 0 Å². The molecule has 0 bridgehead atoms. The van der Waals surface area contributed by atoms with Gasteiger partial charge < -0.3 is 10.5 Å². The molecule has 3 heteroatoms. The van der Waals surface area contributed by atoms with E-state index in [2.05, 4.69) is 13.8 Å². The molecule has 0 aliphatic heterocycles. The molecule has 0 amide bonds. The van der Waals surface area contributed by atoms with Crippen molar-refractivity contribution in [1.82, 2.24) is 0 Å². The van der Waals surface area contributed by atoms with E-state index in [1.54, 1.807) is 7.11 Å². The van der Waals surface area contributed by atoms with Crippen molar-refractivity contribution in [3.63, 3.8) is 0 Å². The first-order valence-corrected chi connectivity index (χ1v) is 6.22. The Balaban J connectivity index is 3.98. The van der Waals surface area contributed by atoms with Gasteiger partial charge in [-0.25, -0.2) is 0 Å². The minimum Gasteiger partial charge on any atom is -0.385 e. The van der Waals surface area contributed by atoms with Gasteiger partial charge >= 0.3 is 0 Å². The lowest BCUT2D eigenvalue weighted by atomic mass is 9.88. The first-order chi connectivity index (χ1) is 7.51. The molecule has 0 rings (SSSR count). The SMILES string of the molecule is COCCC(C)C(=O)CC(CN)CC(C)C. The summed E-state index contributed by atoms with van der Waals surface area (Å²) >= 11 is 0. The van der Waals surface area contributed by atoms with Gasteiger partial charge in [0.2, 0.25) is 0 Å². The van der Waals surface area contributed by atoms with Crippen molar-refractivity contribution in [2.24, 2.45) is 23.5 Å². The highest BCUT2D eigenvalue weighted by molar-refractivity contribution is 5.80. The number of methoxy groups -OCH3 is 1. The molecule has 0 saturated heterocycles. The molecule has 0 aliphatic rings. The number of ether oxygens (including phenoxy) is 1. The van der Waals surface area contributed by atoms with Crippen LogP contribution in [0, 0.1) is 17.8 Å². The highest BCUT2D eigenvalue weighted by atomic mass is 16.5. The third kappa shape index (κ3) is 6.96. The monoisotopic (exact) mass is 229 g/mol. The summed E-state index contributed by atoms with van der Waals surface area (Å²) in [6, 6.07) is 0. The summed E-state index contributed by atoms with van der Waals surface area (Å²) in [7, 11) is 1.67. The highest BCUT2D eigenvalue weighted by Crippen LogP contribution is 2.18. The number of carbonyl (C=O) groups excluding carboxylic acids is 1. The number of Topliss-reactive ketones (excluding diaryl/α,β-unsaturated/α-hetero) is 1. The minimum absolute atomic E-state index is 0.0983. The van der Waals surface area contributed by atoms with Crippen LogP contribution in [0.2, 0.25) is 0 Å². The Labute approximate surface area is 99.7 Å². The van der Waals surface area contributed by atoms with Gasteiger partial charge in [0.1, 0.15) is 5.78 Å². The number of hydrogen-bond donors (Lipinski definition) is 1. The average molecular weight is 229 g/mol. The molecule has 0 spiro atoms. The molecule has 0 aliphatic carbocycles. The van der Waals surface area contributed by atoms with Crippen LogP contribution in [0.25, 0.3) is 0 Å². The predicted octanol–water partition coefficient (Wildman–Crippen LogP) is 2.24. The van der Waals surface area contributed by atoms with Crippen molar-refractivity contribution < 1.29 is 9.53 Å². The van der Waals surface area contributed by atoms with E-state index in [1.165, 1.54) is 0 Å². The third-order valence-corrected chi connectivity index (χ3v) is 2.93. The van der Waals surface area contributed by atoms with Crippen LogP contribution in [0.4, 0.5) is 0 Å². The molecule has 16 heavy (non-hydrogen) atoms. The van der Waals surface area contributed by atoms with Gasteiger partial charge in [-0.1, -0.05) is 20.8 Å². The van der Waals surface area contributed by atoms with Crippen molar-refractivity contribution in [2.75, 3.05) is 20.3 Å². The van der Waals surface area contributed by atoms with Gasteiger partial charge in [-0.05, 0) is 31.2 Å². The third-order valence-electron chi connectivity index (χ3n) is 2.93. The normalized spacial score (nSPS) is 15.1. The summed E-state index contributed by atoms with van der Waals surface area (Å²) < 4.78 is 4.98. The maximum absolute atomic E-state index is 11.9. The van der Waals surface area contributed by atoms with E-state index in [9.17, 15) is 4.79 Å². The Morgan fingerprint density at radius 1 is 1.31 bits per heavy atom. The molecule has 2 unspecified atom stereocenters. The Kier molecular flexibility index (Phi) is 8.49. The fourth-order valence-electron chi connectivity index (χ4n) is 1.87. The zero-order chi connectivity index (χ0) is 12.6. The maximum Gasteiger partial charge on any atom is 0.136 e. The summed E-state index contributed by atoms with van der Waals surface area (Å²) in [5.41, 5.74) is 5.69. The van der Waals surface area contributed by atoms with E-state index in [0.29, 0.717) is 37.2 Å². The maximum atomic E-state index is 11.9. The van der Waals surface area contributed by atoms with Crippen LogP contribution in [-0.2, 0) is 9.53 Å². The van der Waals surface area contributed by atoms with Crippen LogP contribution in [0.5, 0.6) is 0 Å². The quantitative estimate of drug-likeness (QED) is 0.659. The van der Waals surface area contributed by atoms with E-state index >= 15 is 0 Å². The smallest absolute Gasteiger partial charge is 0.136 e. The van der Waals surface area contributed by atoms with Crippen LogP contribution in [0.1, 0.15) is 40.0 Å². The molecule has 0 aromatic rings. The fourth-order valence-corrected chi connectivity index (χ4v) is 1.87. The molecule has 2 atom stereocenters. The van der Waals surface area contributed by atoms with E-state index in [0.717, 1.165) is 12.8 Å². The van der Waals surface area contributed by atoms with Crippen molar-refractivity contribution in [3.05, 3.63) is 0 Å². The van der Waals surface area contributed by atoms with Gasteiger partial charge in [0.15, 0.2) is 0 Å². The summed E-state index contributed by atoms with van der Waals surface area (Å²) in [5, 5.41) is 0. The first-order valence-electron chi connectivity index (χ1n) is 6.22. The van der Waals surface area contributed by atoms with E-state index in [-0.39, 0.29) is 5.92 Å². The topological polar surface area (TPSA) is 52.3 Å². The minimum atomic E-state index is 0.0983. The molecule has 96 valence electrons. The predicted molar refractivity (Wildman–Crippen MR) is 67.3 cm³/mol. The van der Waals surface area contributed by atoms with E-state index in [4.69, 9.17) is 10.5 Å². The Morgan fingerprint density at radius 3 is 2.38 bits per heavy atom. The fraction of sp³-hybridized carbons (Fsp3) is 0.923. The Morgan fingerprint density at radius 2 is 1.94 bits per heavy atom. The van der Waals surface area contributed by atoms with Crippen molar-refractivity contribution >= 4 is 5.78 Å². The second kappa shape index (κ2) is 8.71. The lowest BCUT2D eigenvalue weighted by molar-refractivity contribution is -0.123. The molecule has 0 aromatic heterocycles. The molecule has 0 saturated carbocycles. The first kappa shape index (κ1) is 15.6. The lowest BCUT2D eigenvalue weighted by Crippen LogP contribution is -2.23. The molecular weight excluding hydrogens is 202 g/mol. The molecule has 0 fully saturated rings. The highest BCUT2D eigenvalue weighted by Gasteiger charge is 2.18. The van der Waals surface area contributed by atoms with Gasteiger partial charge in [0, 0.05) is 26.1 Å². The second-order valence-electron chi connectivity index (χ2n) is 5.08. The van der Waals surface area contributed by atoms with Gasteiger partial charge in [-0.2, -0.15) is 0 Å². The second-order valence-corrected chi connectivity index (χ2v) is 5.08. The van der Waals surface area contributed by atoms with Gasteiger partial charge in [0.25, 0.3) is 0 Å². The van der Waals surface area contributed by atoms with Gasteiger partial charge in [-0.3, -0.25) is 4.79 Å². The molecule has 3 nitrogen and oxygen atoms in total. The zero-order valence-corrected chi connectivity index (χ0v) is 11.2. The Bertz CT molecular complexity index is 192. The largest absolute Gasteiger partial charge is 0.385 e. The van der Waals surface area contributed by atoms with Crippen molar-refractivity contribution in [1.29, 1.82) is 0 Å². The number of carbonyl (C=O) groups is 1. The van der Waals surface area contributed by atoms with E-state index < -0.39 is 0 Å². The summed E-state index contributed by atoms with van der Waals surface area (Å²) in [6.07, 6.45) is 2.48. The summed E-state index contributed by atoms with van der Waals surface area (Å²) in [6.45, 7) is 7.58. The van der Waals surface area contributed by atoms with Crippen LogP contribution in [-0.4, -0.2) is 26.0 Å². The molecule has 0 heterocycles. The van der Waals surface area contributed by atoms with Crippen molar-refractivity contribution in [3.8, 4) is 0 Å². The molecular formula is C13H27NO2. The molecule has 0 radical (unpaired) electrons. The number of rotatable bonds is 9. The summed E-state index contributed by atoms with van der Waals surface area (Å²) in [4.78, 5) is 11.9. The Hall–Kier alpha value is -0.410. The van der Waals surface area contributed by atoms with Gasteiger partial charge in [-0.15, -0.1) is 0 Å². The standard InChI is InChI=1S/C13H27NO2/c1-10(2)7-12(9-14)8-13(15)11(3)5-6-16-4/h10-12H,5-9,14H2,1-4H3. The lowest BCUT2D eigenvalue weighted by Gasteiger charge is -2.18. The van der Waals surface area contributed by atoms with Crippen LogP contribution in [0.15, 0.2) is 0 Å². The summed E-state index contributed by atoms with van der Waals surface area (Å²) in [5.74, 6) is 1.38. The zero-order valence-electron chi connectivity index (χ0n) is 11.2. The van der Waals surface area contributed by atoms with Crippen molar-refractivity contribution in [2.45, 2.75) is 40.0 Å². The number of nitrogens with two attached hydrogens (primary N) is 1. The van der Waals surface area contributed by atoms with Crippen LogP contribution >= 0.6 is 0 Å². The number of hydrogen-bond acceptors (Lipinski definition) is 3. The molecule has 2 N–H and O–H groups in total. The average Bonchev–Trinajstić information content (AvgIpc) is 2.23.